The molecule has 0 radical (unpaired) electrons. The highest BCUT2D eigenvalue weighted by molar-refractivity contribution is 7.16. The van der Waals surface area contributed by atoms with Gasteiger partial charge in [0.2, 0.25) is 5.91 Å². The SMILES string of the molecule is CCC(C)(C)C1CCc2c(sc(NC(=O)CN3CCN(c4ccc([N+](=O)[O-])cc4)CC3)c2C#N)C1. The molecule has 0 saturated carbocycles. The lowest BCUT2D eigenvalue weighted by molar-refractivity contribution is -0.384. The molecule has 1 amide bonds. The molecule has 1 aliphatic carbocycles. The molecule has 8 nitrogen and oxygen atoms in total. The lowest BCUT2D eigenvalue weighted by Crippen LogP contribution is -2.48. The molecule has 1 atom stereocenters. The Hall–Kier alpha value is -2.96. The number of benzene rings is 1. The van der Waals surface area contributed by atoms with Gasteiger partial charge in [-0.25, -0.2) is 0 Å². The van der Waals surface area contributed by atoms with E-state index in [2.05, 4.69) is 42.0 Å². The number of anilines is 2. The Bertz CT molecular complexity index is 1130. The Morgan fingerprint density at radius 3 is 2.54 bits per heavy atom. The number of nitrogens with one attached hydrogen (secondary N) is 1. The molecule has 1 aliphatic heterocycles. The normalized spacial score (nSPS) is 18.6. The van der Waals surface area contributed by atoms with Crippen LogP contribution in [0.4, 0.5) is 16.4 Å². The van der Waals surface area contributed by atoms with Crippen LogP contribution in [0.25, 0.3) is 0 Å². The van der Waals surface area contributed by atoms with Crippen molar-refractivity contribution in [1.82, 2.24) is 4.90 Å². The lowest BCUT2D eigenvalue weighted by Gasteiger charge is -2.36. The van der Waals surface area contributed by atoms with Crippen molar-refractivity contribution in [2.24, 2.45) is 11.3 Å². The van der Waals surface area contributed by atoms with Gasteiger partial charge in [-0.2, -0.15) is 5.26 Å². The summed E-state index contributed by atoms with van der Waals surface area (Å²) >= 11 is 1.58. The van der Waals surface area contributed by atoms with Crippen molar-refractivity contribution in [3.05, 3.63) is 50.4 Å². The fourth-order valence-corrected chi connectivity index (χ4v) is 6.36. The first-order valence-corrected chi connectivity index (χ1v) is 13.1. The van der Waals surface area contributed by atoms with Gasteiger partial charge in [-0.15, -0.1) is 11.3 Å². The van der Waals surface area contributed by atoms with Crippen molar-refractivity contribution in [2.75, 3.05) is 42.9 Å². The number of fused-ring (bicyclic) bond motifs is 1. The standard InChI is InChI=1S/C26H33N5O3S/c1-4-26(2,3)18-5-10-21-22(16-27)25(35-23(21)15-18)28-24(32)17-29-11-13-30(14-12-29)19-6-8-20(9-7-19)31(33)34/h6-9,18H,4-5,10-15,17H2,1-3H3,(H,28,32). The number of nitriles is 1. The molecule has 2 aliphatic rings. The van der Waals surface area contributed by atoms with E-state index in [1.54, 1.807) is 23.5 Å². The molecule has 0 bridgehead atoms. The van der Waals surface area contributed by atoms with Crippen LogP contribution in [0, 0.1) is 32.8 Å². The highest BCUT2D eigenvalue weighted by Crippen LogP contribution is 2.45. The first-order valence-electron chi connectivity index (χ1n) is 12.3. The highest BCUT2D eigenvalue weighted by Gasteiger charge is 2.34. The molecule has 2 heterocycles. The van der Waals surface area contributed by atoms with E-state index in [4.69, 9.17) is 0 Å². The van der Waals surface area contributed by atoms with Gasteiger partial charge in [0.25, 0.3) is 5.69 Å². The van der Waals surface area contributed by atoms with Crippen LogP contribution in [-0.2, 0) is 17.6 Å². The third kappa shape index (κ3) is 5.49. The Labute approximate surface area is 210 Å². The summed E-state index contributed by atoms with van der Waals surface area (Å²) in [5.41, 5.74) is 3.09. The number of nitro groups is 1. The molecule has 1 N–H and O–H groups in total. The largest absolute Gasteiger partial charge is 0.369 e. The Morgan fingerprint density at radius 2 is 1.94 bits per heavy atom. The summed E-state index contributed by atoms with van der Waals surface area (Å²) in [6.07, 6.45) is 4.11. The summed E-state index contributed by atoms with van der Waals surface area (Å²) in [5.74, 6) is 0.509. The van der Waals surface area contributed by atoms with Crippen molar-refractivity contribution in [1.29, 1.82) is 5.26 Å². The molecule has 186 valence electrons. The summed E-state index contributed by atoms with van der Waals surface area (Å²) in [6.45, 7) is 10.1. The fraction of sp³-hybridized carbons (Fsp3) is 0.538. The molecule has 4 rings (SSSR count). The Balaban J connectivity index is 1.33. The average Bonchev–Trinajstić information content (AvgIpc) is 3.20. The minimum Gasteiger partial charge on any atom is -0.369 e. The van der Waals surface area contributed by atoms with Crippen molar-refractivity contribution in [2.45, 2.75) is 46.5 Å². The van der Waals surface area contributed by atoms with Crippen molar-refractivity contribution >= 4 is 33.6 Å². The van der Waals surface area contributed by atoms with Gasteiger partial charge >= 0.3 is 0 Å². The van der Waals surface area contributed by atoms with Gasteiger partial charge in [-0.1, -0.05) is 27.2 Å². The van der Waals surface area contributed by atoms with Crippen molar-refractivity contribution in [3.8, 4) is 6.07 Å². The summed E-state index contributed by atoms with van der Waals surface area (Å²) in [5, 5.41) is 24.4. The molecule has 1 saturated heterocycles. The highest BCUT2D eigenvalue weighted by atomic mass is 32.1. The number of non-ortho nitro benzene ring substituents is 1. The van der Waals surface area contributed by atoms with Gasteiger partial charge in [-0.05, 0) is 48.3 Å². The molecule has 35 heavy (non-hydrogen) atoms. The molecule has 2 aromatic rings. The number of hydrogen-bond donors (Lipinski definition) is 1. The van der Waals surface area contributed by atoms with Gasteiger partial charge in [-0.3, -0.25) is 19.8 Å². The number of carbonyl (C=O) groups is 1. The number of thiophene rings is 1. The van der Waals surface area contributed by atoms with E-state index in [0.29, 0.717) is 16.5 Å². The van der Waals surface area contributed by atoms with Crippen LogP contribution in [0.1, 0.15) is 49.6 Å². The molecule has 1 unspecified atom stereocenters. The minimum absolute atomic E-state index is 0.0839. The lowest BCUT2D eigenvalue weighted by atomic mass is 9.69. The molecule has 1 aromatic carbocycles. The zero-order valence-corrected chi connectivity index (χ0v) is 21.5. The number of rotatable bonds is 7. The third-order valence-electron chi connectivity index (χ3n) is 7.81. The predicted octanol–water partition coefficient (Wildman–Crippen LogP) is 4.83. The third-order valence-corrected chi connectivity index (χ3v) is 8.98. The van der Waals surface area contributed by atoms with Crippen LogP contribution >= 0.6 is 11.3 Å². The van der Waals surface area contributed by atoms with E-state index < -0.39 is 4.92 Å². The van der Waals surface area contributed by atoms with Gasteiger partial charge in [0.15, 0.2) is 0 Å². The Kier molecular flexibility index (Phi) is 7.43. The second-order valence-corrected chi connectivity index (χ2v) is 11.3. The smallest absolute Gasteiger partial charge is 0.269 e. The van der Waals surface area contributed by atoms with E-state index >= 15 is 0 Å². The molecular weight excluding hydrogens is 462 g/mol. The zero-order valence-electron chi connectivity index (χ0n) is 20.7. The summed E-state index contributed by atoms with van der Waals surface area (Å²) in [6, 6.07) is 8.94. The number of piperazine rings is 1. The number of hydrogen-bond acceptors (Lipinski definition) is 7. The van der Waals surface area contributed by atoms with Gasteiger partial charge < -0.3 is 10.2 Å². The van der Waals surface area contributed by atoms with Crippen molar-refractivity contribution < 1.29 is 9.72 Å². The maximum atomic E-state index is 12.9. The second-order valence-electron chi connectivity index (χ2n) is 10.2. The van der Waals surface area contributed by atoms with Crippen LogP contribution in [-0.4, -0.2) is 48.5 Å². The summed E-state index contributed by atoms with van der Waals surface area (Å²) in [7, 11) is 0. The number of amides is 1. The van der Waals surface area contributed by atoms with E-state index in [1.807, 2.05) is 0 Å². The van der Waals surface area contributed by atoms with Crippen LogP contribution < -0.4 is 10.2 Å². The molecule has 1 aromatic heterocycles. The van der Waals surface area contributed by atoms with Gasteiger partial charge in [0.1, 0.15) is 11.1 Å². The van der Waals surface area contributed by atoms with Crippen LogP contribution in [0.5, 0.6) is 0 Å². The number of nitrogens with zero attached hydrogens (tertiary/aromatic N) is 4. The summed E-state index contributed by atoms with van der Waals surface area (Å²) in [4.78, 5) is 28.9. The monoisotopic (exact) mass is 495 g/mol. The molecule has 1 fully saturated rings. The molecular formula is C26H33N5O3S. The quantitative estimate of drug-likeness (QED) is 0.436. The van der Waals surface area contributed by atoms with Gasteiger partial charge in [0.05, 0.1) is 17.0 Å². The summed E-state index contributed by atoms with van der Waals surface area (Å²) < 4.78 is 0. The van der Waals surface area contributed by atoms with Crippen LogP contribution in [0.3, 0.4) is 0 Å². The maximum absolute atomic E-state index is 12.9. The van der Waals surface area contributed by atoms with E-state index in [1.165, 1.54) is 17.0 Å². The predicted molar refractivity (Wildman–Crippen MR) is 139 cm³/mol. The maximum Gasteiger partial charge on any atom is 0.269 e. The molecule has 9 heteroatoms. The molecule has 0 spiro atoms. The van der Waals surface area contributed by atoms with Gasteiger partial charge in [0, 0.05) is 48.9 Å². The number of nitro benzene ring substituents is 1. The first-order chi connectivity index (χ1) is 16.7. The van der Waals surface area contributed by atoms with E-state index in [0.717, 1.165) is 63.1 Å². The second kappa shape index (κ2) is 10.3. The van der Waals surface area contributed by atoms with Crippen LogP contribution in [0.15, 0.2) is 24.3 Å². The first kappa shape index (κ1) is 25.1. The fourth-order valence-electron chi connectivity index (χ4n) is 5.07. The number of carbonyl (C=O) groups excluding carboxylic acids is 1. The minimum atomic E-state index is -0.396. The van der Waals surface area contributed by atoms with E-state index in [9.17, 15) is 20.2 Å². The van der Waals surface area contributed by atoms with Crippen molar-refractivity contribution in [3.63, 3.8) is 0 Å². The Morgan fingerprint density at radius 1 is 1.26 bits per heavy atom. The topological polar surface area (TPSA) is 103 Å². The van der Waals surface area contributed by atoms with E-state index in [-0.39, 0.29) is 23.6 Å². The van der Waals surface area contributed by atoms with Crippen LogP contribution in [0.2, 0.25) is 0 Å². The average molecular weight is 496 g/mol. The zero-order chi connectivity index (χ0) is 25.2.